The van der Waals surface area contributed by atoms with Crippen LogP contribution in [-0.4, -0.2) is 101 Å². The van der Waals surface area contributed by atoms with Crippen molar-refractivity contribution in [3.63, 3.8) is 0 Å². The van der Waals surface area contributed by atoms with Gasteiger partial charge in [0.25, 0.3) is 0 Å². The van der Waals surface area contributed by atoms with Crippen LogP contribution in [0, 0.1) is 0 Å². The first-order valence-corrected chi connectivity index (χ1v) is 19.5. The van der Waals surface area contributed by atoms with E-state index in [1.54, 1.807) is 62.3 Å². The minimum Gasteiger partial charge on any atom is -0.459 e. The summed E-state index contributed by atoms with van der Waals surface area (Å²) in [7, 11) is -0.442. The summed E-state index contributed by atoms with van der Waals surface area (Å²) in [5, 5.41) is 7.96. The van der Waals surface area contributed by atoms with Crippen LogP contribution < -0.4 is 16.0 Å². The molecule has 0 aromatic heterocycles. The molecule has 15 nitrogen and oxygen atoms in total. The standard InChI is InChI=1S/C40H65BN4O11/c1-35(2,3)52-32(48)42-24-29(44-33(49)53-36(4,5)6)30(46)43-28-23-40(45(25-28)34(50)54-37(7,8)9,31(47)51-26-27-19-15-14-16-20-27)21-17-18-22-41-55-38(10,11)39(12,13)56-41/h14-16,19-20,28-29H,17-18,21-26H2,1-13H3,(H,42,48)(H,43,46)(H,44,49)/t28-,29+,40-/m1/s1. The zero-order valence-corrected chi connectivity index (χ0v) is 35.7. The van der Waals surface area contributed by atoms with E-state index in [2.05, 4.69) is 16.0 Å². The van der Waals surface area contributed by atoms with Gasteiger partial charge in [-0.15, -0.1) is 0 Å². The number of rotatable bonds is 13. The Kier molecular flexibility index (Phi) is 14.9. The molecule has 0 unspecified atom stereocenters. The molecule has 3 rings (SSSR count). The second kappa shape index (κ2) is 18.0. The Morgan fingerprint density at radius 1 is 0.821 bits per heavy atom. The molecule has 4 amide bonds. The number of nitrogens with one attached hydrogen (secondary N) is 3. The fourth-order valence-electron chi connectivity index (χ4n) is 6.30. The summed E-state index contributed by atoms with van der Waals surface area (Å²) in [6.45, 7) is 22.8. The lowest BCUT2D eigenvalue weighted by Gasteiger charge is -2.37. The lowest BCUT2D eigenvalue weighted by molar-refractivity contribution is -0.158. The smallest absolute Gasteiger partial charge is 0.457 e. The van der Waals surface area contributed by atoms with Gasteiger partial charge in [-0.2, -0.15) is 0 Å². The molecular weight excluding hydrogens is 723 g/mol. The molecule has 1 aromatic carbocycles. The number of benzene rings is 1. The number of esters is 1. The third-order valence-corrected chi connectivity index (χ3v) is 9.50. The highest BCUT2D eigenvalue weighted by molar-refractivity contribution is 6.45. The minimum atomic E-state index is -1.53. The van der Waals surface area contributed by atoms with E-state index in [4.69, 9.17) is 28.3 Å². The van der Waals surface area contributed by atoms with Crippen LogP contribution in [0.25, 0.3) is 0 Å². The third kappa shape index (κ3) is 13.9. The number of carbonyl (C=O) groups is 5. The number of ether oxygens (including phenoxy) is 4. The van der Waals surface area contributed by atoms with Crippen LogP contribution in [0.4, 0.5) is 14.4 Å². The summed E-state index contributed by atoms with van der Waals surface area (Å²) in [5.41, 5.74) is -4.34. The highest BCUT2D eigenvalue weighted by atomic mass is 16.7. The zero-order chi connectivity index (χ0) is 42.3. The average molecular weight is 789 g/mol. The molecule has 2 aliphatic heterocycles. The van der Waals surface area contributed by atoms with Crippen LogP contribution in [0.1, 0.15) is 121 Å². The molecule has 0 spiro atoms. The number of nitrogens with zero attached hydrogens (tertiary/aromatic N) is 1. The van der Waals surface area contributed by atoms with Gasteiger partial charge in [0, 0.05) is 19.0 Å². The fourth-order valence-corrected chi connectivity index (χ4v) is 6.30. The SMILES string of the molecule is CC(C)(C)OC(=O)NC[C@H](NC(=O)OC(C)(C)C)C(=O)N[C@H]1CN(C(=O)OC(C)(C)C)[C@@](CCCCB2OC(C)(C)C(C)(C)O2)(C(=O)OCc2ccccc2)C1. The quantitative estimate of drug-likeness (QED) is 0.0887. The number of alkyl carbamates (subject to hydrolysis) is 2. The largest absolute Gasteiger partial charge is 0.459 e. The van der Waals surface area contributed by atoms with Crippen molar-refractivity contribution in [3.8, 4) is 0 Å². The number of likely N-dealkylation sites (tertiary alicyclic amines) is 1. The van der Waals surface area contributed by atoms with Crippen molar-refractivity contribution in [2.45, 2.75) is 174 Å². The van der Waals surface area contributed by atoms with Crippen LogP contribution in [0.15, 0.2) is 30.3 Å². The molecule has 2 fully saturated rings. The second-order valence-corrected chi connectivity index (χ2v) is 18.6. The maximum atomic E-state index is 14.4. The van der Waals surface area contributed by atoms with Crippen LogP contribution in [0.3, 0.4) is 0 Å². The molecule has 56 heavy (non-hydrogen) atoms. The molecule has 0 saturated carbocycles. The van der Waals surface area contributed by atoms with Crippen molar-refractivity contribution >= 4 is 37.3 Å². The Hall–Kier alpha value is -4.05. The Bertz CT molecular complexity index is 1520. The highest BCUT2D eigenvalue weighted by Gasteiger charge is 2.56. The van der Waals surface area contributed by atoms with Gasteiger partial charge in [-0.05, 0) is 108 Å². The molecule has 2 aliphatic rings. The maximum Gasteiger partial charge on any atom is 0.457 e. The van der Waals surface area contributed by atoms with E-state index in [1.807, 2.05) is 58.0 Å². The van der Waals surface area contributed by atoms with Crippen LogP contribution in [0.2, 0.25) is 6.32 Å². The van der Waals surface area contributed by atoms with Crippen molar-refractivity contribution in [1.82, 2.24) is 20.9 Å². The number of hydrogen-bond acceptors (Lipinski definition) is 11. The van der Waals surface area contributed by atoms with Gasteiger partial charge in [0.2, 0.25) is 5.91 Å². The number of unbranched alkanes of at least 4 members (excludes halogenated alkanes) is 1. The second-order valence-electron chi connectivity index (χ2n) is 18.6. The van der Waals surface area contributed by atoms with E-state index in [9.17, 15) is 24.0 Å². The Morgan fingerprint density at radius 2 is 1.38 bits per heavy atom. The lowest BCUT2D eigenvalue weighted by Crippen LogP contribution is -2.55. The first kappa shape index (κ1) is 46.3. The van der Waals surface area contributed by atoms with E-state index in [1.165, 1.54) is 4.90 Å². The van der Waals surface area contributed by atoms with Gasteiger partial charge in [0.05, 0.1) is 17.7 Å². The van der Waals surface area contributed by atoms with Crippen LogP contribution in [-0.2, 0) is 44.5 Å². The van der Waals surface area contributed by atoms with Gasteiger partial charge >= 0.3 is 31.4 Å². The van der Waals surface area contributed by atoms with Crippen LogP contribution in [0.5, 0.6) is 0 Å². The summed E-state index contributed by atoms with van der Waals surface area (Å²) >= 11 is 0. The van der Waals surface area contributed by atoms with Crippen molar-refractivity contribution in [3.05, 3.63) is 35.9 Å². The first-order valence-electron chi connectivity index (χ1n) is 19.5. The van der Waals surface area contributed by atoms with E-state index < -0.39 is 82.9 Å². The van der Waals surface area contributed by atoms with Crippen molar-refractivity contribution in [2.75, 3.05) is 13.1 Å². The van der Waals surface area contributed by atoms with Gasteiger partial charge in [-0.3, -0.25) is 9.69 Å². The Morgan fingerprint density at radius 3 is 1.93 bits per heavy atom. The normalized spacial score (nSPS) is 21.1. The fraction of sp³-hybridized carbons (Fsp3) is 0.725. The van der Waals surface area contributed by atoms with E-state index in [0.29, 0.717) is 19.2 Å². The predicted octanol–water partition coefficient (Wildman–Crippen LogP) is 6.27. The van der Waals surface area contributed by atoms with E-state index in [0.717, 1.165) is 5.56 Å². The molecule has 2 heterocycles. The summed E-state index contributed by atoms with van der Waals surface area (Å²) < 4.78 is 34.8. The topological polar surface area (TPSA) is 180 Å². The molecule has 3 N–H and O–H groups in total. The minimum absolute atomic E-state index is 0.0131. The number of hydrogen-bond donors (Lipinski definition) is 3. The molecule has 0 bridgehead atoms. The maximum absolute atomic E-state index is 14.4. The monoisotopic (exact) mass is 788 g/mol. The molecule has 2 saturated heterocycles. The Labute approximate surface area is 333 Å². The molecular formula is C40H65BN4O11. The lowest BCUT2D eigenvalue weighted by atomic mass is 9.80. The van der Waals surface area contributed by atoms with Gasteiger partial charge in [-0.25, -0.2) is 19.2 Å². The Balaban J connectivity index is 1.91. The summed E-state index contributed by atoms with van der Waals surface area (Å²) in [5.74, 6) is -1.33. The van der Waals surface area contributed by atoms with Crippen molar-refractivity contribution in [2.24, 2.45) is 0 Å². The highest BCUT2D eigenvalue weighted by Crippen LogP contribution is 2.40. The number of amides is 4. The van der Waals surface area contributed by atoms with Gasteiger partial charge in [0.1, 0.15) is 35.0 Å². The molecule has 1 aromatic rings. The average Bonchev–Trinajstić information content (AvgIpc) is 3.50. The number of carbonyl (C=O) groups excluding carboxylic acids is 5. The van der Waals surface area contributed by atoms with E-state index in [-0.39, 0.29) is 32.5 Å². The molecule has 0 aliphatic carbocycles. The molecule has 3 atom stereocenters. The summed E-state index contributed by atoms with van der Waals surface area (Å²) in [6, 6.07) is 7.09. The molecule has 314 valence electrons. The van der Waals surface area contributed by atoms with Gasteiger partial charge < -0.3 is 44.2 Å². The van der Waals surface area contributed by atoms with Crippen LogP contribution >= 0.6 is 0 Å². The predicted molar refractivity (Wildman–Crippen MR) is 211 cm³/mol. The van der Waals surface area contributed by atoms with Gasteiger partial charge in [0.15, 0.2) is 0 Å². The summed E-state index contributed by atoms with van der Waals surface area (Å²) in [4.78, 5) is 69.1. The van der Waals surface area contributed by atoms with Crippen molar-refractivity contribution < 1.29 is 52.2 Å². The van der Waals surface area contributed by atoms with E-state index >= 15 is 0 Å². The molecule has 16 heteroatoms. The zero-order valence-electron chi connectivity index (χ0n) is 35.7. The van der Waals surface area contributed by atoms with Crippen molar-refractivity contribution in [1.29, 1.82) is 0 Å². The first-order chi connectivity index (χ1) is 25.6. The molecule has 0 radical (unpaired) electrons. The third-order valence-electron chi connectivity index (χ3n) is 9.50. The van der Waals surface area contributed by atoms with Gasteiger partial charge in [-0.1, -0.05) is 43.2 Å². The summed E-state index contributed by atoms with van der Waals surface area (Å²) in [6.07, 6.45) is -0.615.